The summed E-state index contributed by atoms with van der Waals surface area (Å²) in [5.74, 6) is -0.108. The van der Waals surface area contributed by atoms with E-state index in [1.165, 1.54) is 57.4 Å². The first-order chi connectivity index (χ1) is 13.9. The highest BCUT2D eigenvalue weighted by Crippen LogP contribution is 2.35. The highest BCUT2D eigenvalue weighted by atomic mass is 19.4. The average Bonchev–Trinajstić information content (AvgIpc) is 2.69. The van der Waals surface area contributed by atoms with Crippen LogP contribution in [0.2, 0.25) is 0 Å². The van der Waals surface area contributed by atoms with Gasteiger partial charge >= 0.3 is 6.36 Å². The molecule has 5 heteroatoms. The second kappa shape index (κ2) is 9.82. The zero-order chi connectivity index (χ0) is 20.9. The van der Waals surface area contributed by atoms with Crippen molar-refractivity contribution in [2.24, 2.45) is 11.8 Å². The quantitative estimate of drug-likeness (QED) is 0.315. The van der Waals surface area contributed by atoms with Crippen LogP contribution < -0.4 is 4.74 Å². The van der Waals surface area contributed by atoms with Gasteiger partial charge in [-0.3, -0.25) is 0 Å². The fourth-order valence-electron chi connectivity index (χ4n) is 4.54. The molecule has 0 aliphatic heterocycles. The van der Waals surface area contributed by atoms with Gasteiger partial charge in [-0.15, -0.1) is 13.2 Å². The Morgan fingerprint density at radius 2 is 1.62 bits per heavy atom. The number of rotatable bonds is 8. The smallest absolute Gasteiger partial charge is 0.403 e. The number of hydrogen-bond donors (Lipinski definition) is 0. The highest BCUT2D eigenvalue weighted by Gasteiger charge is 2.32. The molecule has 1 nitrogen and oxygen atoms in total. The first kappa shape index (κ1) is 21.9. The van der Waals surface area contributed by atoms with Crippen LogP contribution in [0.25, 0.3) is 10.8 Å². The minimum Gasteiger partial charge on any atom is -0.403 e. The summed E-state index contributed by atoms with van der Waals surface area (Å²) in [4.78, 5) is 0. The second-order valence-corrected chi connectivity index (χ2v) is 8.40. The Balaban J connectivity index is 1.54. The van der Waals surface area contributed by atoms with Crippen LogP contribution in [0.15, 0.2) is 30.3 Å². The topological polar surface area (TPSA) is 9.23 Å². The zero-order valence-corrected chi connectivity index (χ0v) is 17.0. The number of ether oxygens (including phenoxy) is 1. The number of halogens is 4. The summed E-state index contributed by atoms with van der Waals surface area (Å²) in [7, 11) is 0. The maximum absolute atomic E-state index is 14.3. The first-order valence-electron chi connectivity index (χ1n) is 10.8. The lowest BCUT2D eigenvalue weighted by Gasteiger charge is -2.28. The Morgan fingerprint density at radius 3 is 2.28 bits per heavy atom. The lowest BCUT2D eigenvalue weighted by atomic mass is 9.77. The minimum absolute atomic E-state index is 0.156. The van der Waals surface area contributed by atoms with Gasteiger partial charge in [0.1, 0.15) is 0 Å². The predicted molar refractivity (Wildman–Crippen MR) is 109 cm³/mol. The van der Waals surface area contributed by atoms with E-state index in [1.807, 2.05) is 12.1 Å². The van der Waals surface area contributed by atoms with E-state index in [0.29, 0.717) is 5.39 Å². The monoisotopic (exact) mass is 410 g/mol. The van der Waals surface area contributed by atoms with Crippen molar-refractivity contribution in [1.82, 2.24) is 0 Å². The molecule has 0 aromatic heterocycles. The van der Waals surface area contributed by atoms with Crippen LogP contribution in [0.4, 0.5) is 17.6 Å². The third kappa shape index (κ3) is 6.35. The van der Waals surface area contributed by atoms with Gasteiger partial charge in [-0.2, -0.15) is 0 Å². The lowest BCUT2D eigenvalue weighted by Crippen LogP contribution is -2.18. The van der Waals surface area contributed by atoms with Crippen LogP contribution in [-0.4, -0.2) is 6.36 Å². The Labute approximate surface area is 170 Å². The number of hydrogen-bond acceptors (Lipinski definition) is 1. The third-order valence-electron chi connectivity index (χ3n) is 6.23. The van der Waals surface area contributed by atoms with E-state index in [-0.39, 0.29) is 5.39 Å². The summed E-state index contributed by atoms with van der Waals surface area (Å²) in [5, 5.41) is 0.761. The van der Waals surface area contributed by atoms with Gasteiger partial charge in [0.2, 0.25) is 0 Å². The van der Waals surface area contributed by atoms with Crippen LogP contribution in [0.5, 0.6) is 5.75 Å². The number of alkyl halides is 3. The Kier molecular flexibility index (Phi) is 7.42. The molecule has 0 amide bonds. The molecule has 1 aliphatic carbocycles. The molecule has 2 aromatic rings. The second-order valence-electron chi connectivity index (χ2n) is 8.40. The van der Waals surface area contributed by atoms with Crippen molar-refractivity contribution < 1.29 is 22.3 Å². The molecule has 0 unspecified atom stereocenters. The van der Waals surface area contributed by atoms with E-state index in [9.17, 15) is 17.6 Å². The Morgan fingerprint density at radius 1 is 0.931 bits per heavy atom. The van der Waals surface area contributed by atoms with Crippen molar-refractivity contribution >= 4 is 10.8 Å². The van der Waals surface area contributed by atoms with E-state index < -0.39 is 17.9 Å². The van der Waals surface area contributed by atoms with Crippen LogP contribution >= 0.6 is 0 Å². The van der Waals surface area contributed by atoms with E-state index >= 15 is 0 Å². The largest absolute Gasteiger partial charge is 0.573 e. The molecule has 1 saturated carbocycles. The molecular formula is C24H30F4O. The molecule has 2 aromatic carbocycles. The molecule has 0 radical (unpaired) electrons. The minimum atomic E-state index is -4.90. The molecule has 0 saturated heterocycles. The van der Waals surface area contributed by atoms with Crippen molar-refractivity contribution in [2.45, 2.75) is 77.5 Å². The zero-order valence-electron chi connectivity index (χ0n) is 17.0. The molecule has 0 N–H and O–H groups in total. The van der Waals surface area contributed by atoms with Crippen LogP contribution in [0.1, 0.15) is 70.3 Å². The Hall–Kier alpha value is -1.78. The number of fused-ring (bicyclic) bond motifs is 1. The fraction of sp³-hybridized carbons (Fsp3) is 0.583. The summed E-state index contributed by atoms with van der Waals surface area (Å²) in [5.41, 5.74) is 1.10. The van der Waals surface area contributed by atoms with Gasteiger partial charge in [0, 0.05) is 5.39 Å². The molecule has 1 fully saturated rings. The lowest BCUT2D eigenvalue weighted by molar-refractivity contribution is -0.275. The Bertz CT molecular complexity index is 791. The molecular weight excluding hydrogens is 380 g/mol. The highest BCUT2D eigenvalue weighted by molar-refractivity contribution is 5.85. The van der Waals surface area contributed by atoms with Crippen LogP contribution in [0.3, 0.4) is 0 Å². The predicted octanol–water partition coefficient (Wildman–Crippen LogP) is 8.20. The normalized spacial score (nSPS) is 20.2. The fourth-order valence-corrected chi connectivity index (χ4v) is 4.54. The van der Waals surface area contributed by atoms with Crippen molar-refractivity contribution in [3.05, 3.63) is 41.7 Å². The van der Waals surface area contributed by atoms with E-state index in [2.05, 4.69) is 11.7 Å². The van der Waals surface area contributed by atoms with E-state index in [1.54, 1.807) is 6.07 Å². The van der Waals surface area contributed by atoms with Crippen molar-refractivity contribution in [2.75, 3.05) is 0 Å². The summed E-state index contributed by atoms with van der Waals surface area (Å²) in [6, 6.07) is 7.80. The first-order valence-corrected chi connectivity index (χ1v) is 10.8. The number of unbranched alkanes of at least 4 members (excludes halogenated alkanes) is 2. The van der Waals surface area contributed by atoms with Gasteiger partial charge < -0.3 is 4.74 Å². The molecule has 160 valence electrons. The van der Waals surface area contributed by atoms with Crippen molar-refractivity contribution in [3.8, 4) is 5.75 Å². The molecule has 0 atom stereocenters. The maximum atomic E-state index is 14.3. The number of benzene rings is 2. The summed E-state index contributed by atoms with van der Waals surface area (Å²) in [6.07, 6.45) is 7.73. The summed E-state index contributed by atoms with van der Waals surface area (Å²) in [6.45, 7) is 2.24. The number of aryl methyl sites for hydroxylation is 1. The average molecular weight is 410 g/mol. The van der Waals surface area contributed by atoms with E-state index in [4.69, 9.17) is 0 Å². The molecule has 0 heterocycles. The molecule has 1 aliphatic rings. The molecule has 3 rings (SSSR count). The van der Waals surface area contributed by atoms with Gasteiger partial charge in [-0.25, -0.2) is 4.39 Å². The van der Waals surface area contributed by atoms with Gasteiger partial charge in [-0.05, 0) is 41.7 Å². The molecule has 0 bridgehead atoms. The third-order valence-corrected chi connectivity index (χ3v) is 6.23. The van der Waals surface area contributed by atoms with E-state index in [0.717, 1.165) is 36.3 Å². The standard InChI is InChI=1S/C24H30F4O/c1-2-3-4-5-17-6-8-18(9-7-17)10-11-19-12-14-21-20(16-19)13-15-22(23(21)25)29-24(26,27)28/h12-18H,2-11H2,1H3/t17-,18-. The van der Waals surface area contributed by atoms with Crippen molar-refractivity contribution in [3.63, 3.8) is 0 Å². The van der Waals surface area contributed by atoms with Crippen LogP contribution in [0, 0.1) is 17.7 Å². The van der Waals surface area contributed by atoms with Gasteiger partial charge in [0.25, 0.3) is 0 Å². The maximum Gasteiger partial charge on any atom is 0.573 e. The SMILES string of the molecule is CCCCC[C@H]1CC[C@H](CCc2ccc3c(F)c(OC(F)(F)F)ccc3c2)CC1. The summed E-state index contributed by atoms with van der Waals surface area (Å²) < 4.78 is 55.2. The molecule has 0 spiro atoms. The van der Waals surface area contributed by atoms with Gasteiger partial charge in [0.05, 0.1) is 0 Å². The van der Waals surface area contributed by atoms with Gasteiger partial charge in [-0.1, -0.05) is 82.6 Å². The molecule has 29 heavy (non-hydrogen) atoms. The van der Waals surface area contributed by atoms with Crippen molar-refractivity contribution in [1.29, 1.82) is 0 Å². The van der Waals surface area contributed by atoms with Gasteiger partial charge in [0.15, 0.2) is 11.6 Å². The van der Waals surface area contributed by atoms with Crippen LogP contribution in [-0.2, 0) is 6.42 Å². The summed E-state index contributed by atoms with van der Waals surface area (Å²) >= 11 is 0.